The van der Waals surface area contributed by atoms with E-state index in [2.05, 4.69) is 10.6 Å². The molecule has 5 nitrogen and oxygen atoms in total. The summed E-state index contributed by atoms with van der Waals surface area (Å²) in [5, 5.41) is 18.0. The molecule has 3 N–H and O–H groups in total. The van der Waals surface area contributed by atoms with Crippen LogP contribution in [0.5, 0.6) is 0 Å². The standard InChI is InChI=1S/C19H27ClN2O3/c1-18(9-12-25-19(17(18)24)7-10-21-11-8-19)22-16(23)6-5-14-3-2-4-15(20)13-14/h2-4,13,17,21,24H,5-12H2,1H3,(H,22,23)/t17-,18+/m0/s1. The van der Waals surface area contributed by atoms with Crippen molar-refractivity contribution in [2.45, 2.75) is 56.3 Å². The van der Waals surface area contributed by atoms with E-state index in [9.17, 15) is 9.90 Å². The fourth-order valence-corrected chi connectivity index (χ4v) is 4.21. The molecule has 0 saturated carbocycles. The summed E-state index contributed by atoms with van der Waals surface area (Å²) in [7, 11) is 0. The van der Waals surface area contributed by atoms with Crippen LogP contribution in [0.15, 0.2) is 24.3 Å². The highest BCUT2D eigenvalue weighted by Crippen LogP contribution is 2.38. The summed E-state index contributed by atoms with van der Waals surface area (Å²) < 4.78 is 5.98. The molecule has 0 bridgehead atoms. The second-order valence-electron chi connectivity index (χ2n) is 7.41. The number of aliphatic hydroxyl groups is 1. The number of aryl methyl sites for hydroxylation is 1. The van der Waals surface area contributed by atoms with Crippen molar-refractivity contribution in [2.75, 3.05) is 19.7 Å². The van der Waals surface area contributed by atoms with E-state index in [1.165, 1.54) is 0 Å². The molecule has 1 amide bonds. The molecular weight excluding hydrogens is 340 g/mol. The van der Waals surface area contributed by atoms with Gasteiger partial charge in [0.15, 0.2) is 0 Å². The number of hydrogen-bond acceptors (Lipinski definition) is 4. The molecule has 0 aliphatic carbocycles. The fraction of sp³-hybridized carbons (Fsp3) is 0.632. The first-order valence-corrected chi connectivity index (χ1v) is 9.40. The van der Waals surface area contributed by atoms with Crippen molar-refractivity contribution < 1.29 is 14.6 Å². The number of carbonyl (C=O) groups excluding carboxylic acids is 1. The Morgan fingerprint density at radius 1 is 1.40 bits per heavy atom. The van der Waals surface area contributed by atoms with Crippen LogP contribution in [0.1, 0.15) is 38.2 Å². The lowest BCUT2D eigenvalue weighted by atomic mass is 9.73. The average molecular weight is 367 g/mol. The maximum absolute atomic E-state index is 12.5. The summed E-state index contributed by atoms with van der Waals surface area (Å²) in [6.07, 6.45) is 2.45. The SMILES string of the molecule is C[C@@]1(NC(=O)CCc2cccc(Cl)c2)CCOC2(CCNCC2)[C@H]1O. The largest absolute Gasteiger partial charge is 0.388 e. The van der Waals surface area contributed by atoms with E-state index in [4.69, 9.17) is 16.3 Å². The third-order valence-electron chi connectivity index (χ3n) is 5.52. The van der Waals surface area contributed by atoms with E-state index in [1.54, 1.807) is 0 Å². The predicted molar refractivity (Wildman–Crippen MR) is 97.7 cm³/mol. The number of halogens is 1. The van der Waals surface area contributed by atoms with E-state index in [0.29, 0.717) is 30.9 Å². The molecule has 2 atom stereocenters. The molecule has 2 aliphatic heterocycles. The molecule has 1 aromatic carbocycles. The van der Waals surface area contributed by atoms with Crippen molar-refractivity contribution in [3.05, 3.63) is 34.9 Å². The molecule has 0 aromatic heterocycles. The maximum atomic E-state index is 12.5. The van der Waals surface area contributed by atoms with Crippen molar-refractivity contribution in [3.8, 4) is 0 Å². The van der Waals surface area contributed by atoms with Crippen molar-refractivity contribution in [1.29, 1.82) is 0 Å². The molecule has 0 radical (unpaired) electrons. The zero-order valence-electron chi connectivity index (χ0n) is 14.7. The summed E-state index contributed by atoms with van der Waals surface area (Å²) in [6.45, 7) is 4.15. The van der Waals surface area contributed by atoms with Crippen molar-refractivity contribution in [2.24, 2.45) is 0 Å². The van der Waals surface area contributed by atoms with Gasteiger partial charge in [-0.25, -0.2) is 0 Å². The van der Waals surface area contributed by atoms with Gasteiger partial charge in [-0.2, -0.15) is 0 Å². The summed E-state index contributed by atoms with van der Waals surface area (Å²) in [4.78, 5) is 12.5. The van der Waals surface area contributed by atoms with Gasteiger partial charge in [0.25, 0.3) is 0 Å². The molecule has 138 valence electrons. The summed E-state index contributed by atoms with van der Waals surface area (Å²) >= 11 is 5.99. The van der Waals surface area contributed by atoms with Gasteiger partial charge >= 0.3 is 0 Å². The lowest BCUT2D eigenvalue weighted by molar-refractivity contribution is -0.200. The van der Waals surface area contributed by atoms with Crippen molar-refractivity contribution in [3.63, 3.8) is 0 Å². The van der Waals surface area contributed by atoms with Crippen LogP contribution in [-0.2, 0) is 16.0 Å². The Morgan fingerprint density at radius 3 is 2.88 bits per heavy atom. The van der Waals surface area contributed by atoms with Gasteiger partial charge in [0, 0.05) is 18.1 Å². The van der Waals surface area contributed by atoms with Crippen LogP contribution in [0.4, 0.5) is 0 Å². The molecule has 25 heavy (non-hydrogen) atoms. The second-order valence-corrected chi connectivity index (χ2v) is 7.85. The number of hydrogen-bond donors (Lipinski definition) is 3. The van der Waals surface area contributed by atoms with Crippen LogP contribution < -0.4 is 10.6 Å². The van der Waals surface area contributed by atoms with Crippen molar-refractivity contribution >= 4 is 17.5 Å². The first kappa shape index (κ1) is 18.6. The Labute approximate surface area is 154 Å². The predicted octanol–water partition coefficient (Wildman–Crippen LogP) is 2.05. The molecule has 6 heteroatoms. The van der Waals surface area contributed by atoms with E-state index in [-0.39, 0.29) is 5.91 Å². The number of carbonyl (C=O) groups is 1. The lowest BCUT2D eigenvalue weighted by Crippen LogP contribution is -2.69. The monoisotopic (exact) mass is 366 g/mol. The molecule has 2 saturated heterocycles. The Morgan fingerprint density at radius 2 is 2.16 bits per heavy atom. The molecule has 2 fully saturated rings. The number of piperidine rings is 1. The van der Waals surface area contributed by atoms with Crippen molar-refractivity contribution in [1.82, 2.24) is 10.6 Å². The highest BCUT2D eigenvalue weighted by atomic mass is 35.5. The maximum Gasteiger partial charge on any atom is 0.220 e. The quantitative estimate of drug-likeness (QED) is 0.762. The zero-order chi connectivity index (χ0) is 17.9. The minimum Gasteiger partial charge on any atom is -0.388 e. The molecule has 1 spiro atoms. The Hall–Kier alpha value is -1.14. The Balaban J connectivity index is 1.61. The second kappa shape index (κ2) is 7.62. The topological polar surface area (TPSA) is 70.6 Å². The molecule has 2 aliphatic rings. The van der Waals surface area contributed by atoms with Gasteiger partial charge in [0.1, 0.15) is 6.10 Å². The van der Waals surface area contributed by atoms with Crippen LogP contribution in [0.25, 0.3) is 0 Å². The minimum atomic E-state index is -0.703. The first-order chi connectivity index (χ1) is 11.9. The number of nitrogens with one attached hydrogen (secondary N) is 2. The third kappa shape index (κ3) is 4.17. The number of rotatable bonds is 4. The van der Waals surface area contributed by atoms with Crippen LogP contribution in [0.3, 0.4) is 0 Å². The Bertz CT molecular complexity index is 613. The highest BCUT2D eigenvalue weighted by molar-refractivity contribution is 6.30. The summed E-state index contributed by atoms with van der Waals surface area (Å²) in [6, 6.07) is 7.56. The lowest BCUT2D eigenvalue weighted by Gasteiger charge is -2.52. The minimum absolute atomic E-state index is 0.0486. The molecule has 2 heterocycles. The Kier molecular flexibility index (Phi) is 5.68. The summed E-state index contributed by atoms with van der Waals surface area (Å²) in [5.41, 5.74) is -0.158. The molecule has 0 unspecified atom stereocenters. The smallest absolute Gasteiger partial charge is 0.220 e. The zero-order valence-corrected chi connectivity index (χ0v) is 15.4. The van der Waals surface area contributed by atoms with Gasteiger partial charge in [0.2, 0.25) is 5.91 Å². The summed E-state index contributed by atoms with van der Waals surface area (Å²) in [5.74, 6) is -0.0486. The number of ether oxygens (including phenoxy) is 1. The number of benzene rings is 1. The van der Waals surface area contributed by atoms with E-state index >= 15 is 0 Å². The van der Waals surface area contributed by atoms with E-state index in [1.807, 2.05) is 31.2 Å². The van der Waals surface area contributed by atoms with E-state index < -0.39 is 17.2 Å². The molecular formula is C19H27ClN2O3. The molecule has 3 rings (SSSR count). The van der Waals surface area contributed by atoms with Gasteiger partial charge in [0.05, 0.1) is 11.1 Å². The highest BCUT2D eigenvalue weighted by Gasteiger charge is 2.52. The van der Waals surface area contributed by atoms with Gasteiger partial charge in [-0.3, -0.25) is 4.79 Å². The van der Waals surface area contributed by atoms with Gasteiger partial charge in [-0.05, 0) is 63.4 Å². The van der Waals surface area contributed by atoms with Crippen LogP contribution in [0.2, 0.25) is 5.02 Å². The molecule has 1 aromatic rings. The fourth-order valence-electron chi connectivity index (χ4n) is 3.99. The normalized spacial score (nSPS) is 28.7. The number of aliphatic hydroxyl groups excluding tert-OH is 1. The van der Waals surface area contributed by atoms with Gasteiger partial charge in [-0.15, -0.1) is 0 Å². The van der Waals surface area contributed by atoms with Gasteiger partial charge in [-0.1, -0.05) is 23.7 Å². The number of amides is 1. The van der Waals surface area contributed by atoms with Crippen LogP contribution in [-0.4, -0.2) is 48.0 Å². The van der Waals surface area contributed by atoms with Crippen LogP contribution >= 0.6 is 11.6 Å². The van der Waals surface area contributed by atoms with Gasteiger partial charge < -0.3 is 20.5 Å². The van der Waals surface area contributed by atoms with Crippen LogP contribution in [0, 0.1) is 0 Å². The average Bonchev–Trinajstić information content (AvgIpc) is 2.59. The first-order valence-electron chi connectivity index (χ1n) is 9.02. The van der Waals surface area contributed by atoms with E-state index in [0.717, 1.165) is 31.5 Å². The third-order valence-corrected chi connectivity index (χ3v) is 5.75.